The number of carboxylic acids is 1. The lowest BCUT2D eigenvalue weighted by Crippen LogP contribution is -2.61. The number of hydrogen-bond acceptors (Lipinski definition) is 3. The normalized spacial score (nSPS) is 24.0. The summed E-state index contributed by atoms with van der Waals surface area (Å²) in [4.78, 5) is 36.8. The third kappa shape index (κ3) is 3.29. The third-order valence-corrected chi connectivity index (χ3v) is 4.81. The zero-order valence-corrected chi connectivity index (χ0v) is 14.6. The maximum absolute atomic E-state index is 12.6. The van der Waals surface area contributed by atoms with E-state index < -0.39 is 34.8 Å². The molecule has 0 aliphatic carbocycles. The predicted octanol–water partition coefficient (Wildman–Crippen LogP) is 3.49. The molecule has 6 heteroatoms. The van der Waals surface area contributed by atoms with Crippen molar-refractivity contribution in [3.63, 3.8) is 0 Å². The fourth-order valence-electron chi connectivity index (χ4n) is 3.43. The summed E-state index contributed by atoms with van der Waals surface area (Å²) in [5, 5.41) is 19.3. The highest BCUT2D eigenvalue weighted by Crippen LogP contribution is 2.47. The number of carbonyl (C=O) groups is 3. The molecule has 0 bridgehead atoms. The van der Waals surface area contributed by atoms with Crippen LogP contribution in [-0.2, 0) is 9.59 Å². The molecule has 2 N–H and O–H groups in total. The van der Waals surface area contributed by atoms with Gasteiger partial charge < -0.3 is 10.2 Å². The van der Waals surface area contributed by atoms with E-state index >= 15 is 0 Å². The Morgan fingerprint density at radius 3 is 2.28 bits per heavy atom. The van der Waals surface area contributed by atoms with Crippen LogP contribution in [0.5, 0.6) is 0 Å². The summed E-state index contributed by atoms with van der Waals surface area (Å²) in [6, 6.07) is 9.50. The van der Waals surface area contributed by atoms with Gasteiger partial charge in [0.2, 0.25) is 5.91 Å². The molecule has 0 radical (unpaired) electrons. The second-order valence-electron chi connectivity index (χ2n) is 7.32. The van der Waals surface area contributed by atoms with Crippen molar-refractivity contribution in [3.05, 3.63) is 42.0 Å². The summed E-state index contributed by atoms with van der Waals surface area (Å²) in [6.45, 7) is 4.94. The first-order valence-electron chi connectivity index (χ1n) is 8.13. The highest BCUT2D eigenvalue weighted by atomic mass is 16.4. The SMILES string of the molecule is CC(C)(C)[C@@]1(C(=O)O)C[C@@H](CC=Cc2ccccc2)C(=O)N1C(=O)O. The number of amides is 2. The Hall–Kier alpha value is -2.63. The minimum absolute atomic E-state index is 0.0317. The Kier molecular flexibility index (Phi) is 5.02. The Balaban J connectivity index is 2.30. The van der Waals surface area contributed by atoms with Gasteiger partial charge in [-0.2, -0.15) is 0 Å². The average Bonchev–Trinajstić information content (AvgIpc) is 2.82. The van der Waals surface area contributed by atoms with E-state index in [1.165, 1.54) is 0 Å². The molecule has 2 amide bonds. The van der Waals surface area contributed by atoms with Gasteiger partial charge >= 0.3 is 12.1 Å². The first-order valence-corrected chi connectivity index (χ1v) is 8.13. The summed E-state index contributed by atoms with van der Waals surface area (Å²) < 4.78 is 0. The molecule has 1 aliphatic rings. The lowest BCUT2D eigenvalue weighted by Gasteiger charge is -2.41. The van der Waals surface area contributed by atoms with Crippen molar-refractivity contribution < 1.29 is 24.6 Å². The minimum Gasteiger partial charge on any atom is -0.479 e. The van der Waals surface area contributed by atoms with Crippen molar-refractivity contribution >= 4 is 24.0 Å². The van der Waals surface area contributed by atoms with Crippen LogP contribution in [0.25, 0.3) is 6.08 Å². The van der Waals surface area contributed by atoms with Crippen LogP contribution in [0.4, 0.5) is 4.79 Å². The molecule has 0 unspecified atom stereocenters. The molecule has 1 saturated heterocycles. The van der Waals surface area contributed by atoms with E-state index in [1.54, 1.807) is 26.8 Å². The molecule has 1 heterocycles. The lowest BCUT2D eigenvalue weighted by atomic mass is 9.70. The Morgan fingerprint density at radius 2 is 1.84 bits per heavy atom. The second-order valence-corrected chi connectivity index (χ2v) is 7.32. The number of likely N-dealkylation sites (tertiary alicyclic amines) is 1. The zero-order valence-electron chi connectivity index (χ0n) is 14.6. The molecule has 25 heavy (non-hydrogen) atoms. The van der Waals surface area contributed by atoms with E-state index in [0.29, 0.717) is 11.3 Å². The molecule has 0 aromatic heterocycles. The molecule has 1 aromatic rings. The maximum Gasteiger partial charge on any atom is 0.415 e. The van der Waals surface area contributed by atoms with E-state index in [1.807, 2.05) is 36.4 Å². The van der Waals surface area contributed by atoms with Crippen molar-refractivity contribution in [1.29, 1.82) is 0 Å². The summed E-state index contributed by atoms with van der Waals surface area (Å²) in [5.41, 5.74) is -1.73. The number of imide groups is 1. The lowest BCUT2D eigenvalue weighted by molar-refractivity contribution is -0.159. The summed E-state index contributed by atoms with van der Waals surface area (Å²) >= 11 is 0. The molecule has 1 aromatic carbocycles. The van der Waals surface area contributed by atoms with E-state index in [-0.39, 0.29) is 6.42 Å². The number of benzene rings is 1. The number of hydrogen-bond donors (Lipinski definition) is 2. The van der Waals surface area contributed by atoms with E-state index in [2.05, 4.69) is 0 Å². The van der Waals surface area contributed by atoms with Gasteiger partial charge in [-0.25, -0.2) is 14.5 Å². The van der Waals surface area contributed by atoms with Crippen LogP contribution in [0.15, 0.2) is 36.4 Å². The largest absolute Gasteiger partial charge is 0.479 e. The van der Waals surface area contributed by atoms with Crippen LogP contribution in [0, 0.1) is 11.3 Å². The zero-order chi connectivity index (χ0) is 18.8. The molecule has 2 atom stereocenters. The van der Waals surface area contributed by atoms with Crippen molar-refractivity contribution in [1.82, 2.24) is 4.90 Å². The van der Waals surface area contributed by atoms with Crippen LogP contribution < -0.4 is 0 Å². The standard InChI is InChI=1S/C19H23NO5/c1-18(2,3)19(16(22)23)12-14(15(21)20(19)17(24)25)11-7-10-13-8-5-4-6-9-13/h4-10,14H,11-12H2,1-3H3,(H,22,23)(H,24,25)/t14-,19+/m1/s1. The molecule has 2 rings (SSSR count). The number of allylic oxidation sites excluding steroid dienone is 1. The molecule has 1 fully saturated rings. The van der Waals surface area contributed by atoms with E-state index in [4.69, 9.17) is 0 Å². The minimum atomic E-state index is -1.76. The van der Waals surface area contributed by atoms with Crippen molar-refractivity contribution in [3.8, 4) is 0 Å². The van der Waals surface area contributed by atoms with Crippen LogP contribution >= 0.6 is 0 Å². The number of carbonyl (C=O) groups excluding carboxylic acids is 1. The monoisotopic (exact) mass is 345 g/mol. The van der Waals surface area contributed by atoms with E-state index in [0.717, 1.165) is 5.56 Å². The number of carboxylic acid groups (broad SMARTS) is 2. The van der Waals surface area contributed by atoms with Crippen LogP contribution in [0.2, 0.25) is 0 Å². The Bertz CT molecular complexity index is 704. The van der Waals surface area contributed by atoms with Crippen molar-refractivity contribution in [2.24, 2.45) is 11.3 Å². The van der Waals surface area contributed by atoms with Gasteiger partial charge in [0, 0.05) is 5.92 Å². The first kappa shape index (κ1) is 18.7. The molecule has 0 saturated carbocycles. The summed E-state index contributed by atoms with van der Waals surface area (Å²) in [5.74, 6) is -2.61. The number of rotatable bonds is 4. The summed E-state index contributed by atoms with van der Waals surface area (Å²) in [6.07, 6.45) is 2.38. The number of nitrogens with zero attached hydrogens (tertiary/aromatic N) is 1. The van der Waals surface area contributed by atoms with E-state index in [9.17, 15) is 24.6 Å². The predicted molar refractivity (Wildman–Crippen MR) is 92.9 cm³/mol. The van der Waals surface area contributed by atoms with Gasteiger partial charge in [-0.05, 0) is 23.8 Å². The third-order valence-electron chi connectivity index (χ3n) is 4.81. The Labute approximate surface area is 146 Å². The van der Waals surface area contributed by atoms with Crippen molar-refractivity contribution in [2.45, 2.75) is 39.2 Å². The molecule has 1 aliphatic heterocycles. The van der Waals surface area contributed by atoms with Crippen molar-refractivity contribution in [2.75, 3.05) is 0 Å². The highest BCUT2D eigenvalue weighted by molar-refractivity contribution is 6.02. The fraction of sp³-hybridized carbons (Fsp3) is 0.421. The van der Waals surface area contributed by atoms with Crippen LogP contribution in [0.1, 0.15) is 39.2 Å². The maximum atomic E-state index is 12.6. The molecule has 134 valence electrons. The number of aliphatic carboxylic acids is 1. The van der Waals surface area contributed by atoms with Gasteiger partial charge in [0.1, 0.15) is 0 Å². The van der Waals surface area contributed by atoms with Crippen LogP contribution in [0.3, 0.4) is 0 Å². The molecular weight excluding hydrogens is 322 g/mol. The first-order chi connectivity index (χ1) is 11.6. The quantitative estimate of drug-likeness (QED) is 0.871. The highest BCUT2D eigenvalue weighted by Gasteiger charge is 2.64. The van der Waals surface area contributed by atoms with Gasteiger partial charge in [-0.15, -0.1) is 0 Å². The van der Waals surface area contributed by atoms with Gasteiger partial charge in [0.15, 0.2) is 5.54 Å². The Morgan fingerprint density at radius 1 is 1.24 bits per heavy atom. The topological polar surface area (TPSA) is 94.9 Å². The van der Waals surface area contributed by atoms with Crippen LogP contribution in [-0.4, -0.2) is 38.6 Å². The fourth-order valence-corrected chi connectivity index (χ4v) is 3.43. The summed E-state index contributed by atoms with van der Waals surface area (Å²) in [7, 11) is 0. The molecular formula is C19H23NO5. The molecule has 0 spiro atoms. The van der Waals surface area contributed by atoms with Gasteiger partial charge in [0.05, 0.1) is 0 Å². The average molecular weight is 345 g/mol. The molecule has 6 nitrogen and oxygen atoms in total. The van der Waals surface area contributed by atoms with Gasteiger partial charge in [0.25, 0.3) is 0 Å². The second kappa shape index (κ2) is 6.70. The smallest absolute Gasteiger partial charge is 0.415 e. The van der Waals surface area contributed by atoms with Gasteiger partial charge in [-0.3, -0.25) is 4.79 Å². The van der Waals surface area contributed by atoms with Gasteiger partial charge in [-0.1, -0.05) is 63.3 Å².